The van der Waals surface area contributed by atoms with Crippen molar-refractivity contribution in [3.05, 3.63) is 110 Å². The molecule has 0 amide bonds. The average molecular weight is 484 g/mol. The van der Waals surface area contributed by atoms with Crippen LogP contribution in [0.4, 0.5) is 17.1 Å². The quantitative estimate of drug-likeness (QED) is 0.152. The second kappa shape index (κ2) is 8.76. The summed E-state index contributed by atoms with van der Waals surface area (Å²) >= 11 is 3.40. The molecule has 0 aliphatic rings. The van der Waals surface area contributed by atoms with E-state index in [4.69, 9.17) is 13.1 Å². The second-order valence-corrected chi connectivity index (χ2v) is 7.68. The number of nitrogens with one attached hydrogen (secondary N) is 2. The SMILES string of the molecule is [C-]#[N+]c1ccc2[nH]cc(-c3cccc([N+](=O)[O-])c3)c2c1.[C-]#[N+]c1ccc2[nH]cc(Br)c2c1. The number of non-ortho nitro benzene ring substituents is 1. The Bertz CT molecular complexity index is 1550. The summed E-state index contributed by atoms with van der Waals surface area (Å²) in [5.74, 6) is 0. The highest BCUT2D eigenvalue weighted by Crippen LogP contribution is 2.33. The molecule has 0 bridgehead atoms. The van der Waals surface area contributed by atoms with Gasteiger partial charge in [0, 0.05) is 51.0 Å². The average Bonchev–Trinajstić information content (AvgIpc) is 3.42. The maximum absolute atomic E-state index is 10.8. The van der Waals surface area contributed by atoms with Crippen LogP contribution in [-0.4, -0.2) is 14.9 Å². The smallest absolute Gasteiger partial charge is 0.270 e. The van der Waals surface area contributed by atoms with Crippen LogP contribution in [0, 0.1) is 23.3 Å². The molecule has 0 spiro atoms. The number of nitro benzene ring substituents is 1. The topological polar surface area (TPSA) is 83.4 Å². The Morgan fingerprint density at radius 1 is 0.844 bits per heavy atom. The number of hydrogen-bond donors (Lipinski definition) is 2. The maximum atomic E-state index is 10.8. The van der Waals surface area contributed by atoms with E-state index in [0.29, 0.717) is 11.4 Å². The molecule has 8 heteroatoms. The Balaban J connectivity index is 0.000000174. The van der Waals surface area contributed by atoms with E-state index >= 15 is 0 Å². The van der Waals surface area contributed by atoms with E-state index in [1.807, 2.05) is 30.5 Å². The van der Waals surface area contributed by atoms with Crippen LogP contribution >= 0.6 is 15.9 Å². The minimum atomic E-state index is -0.414. The highest BCUT2D eigenvalue weighted by molar-refractivity contribution is 9.10. The van der Waals surface area contributed by atoms with Crippen molar-refractivity contribution >= 4 is 54.8 Å². The van der Waals surface area contributed by atoms with E-state index in [1.165, 1.54) is 12.1 Å². The van der Waals surface area contributed by atoms with E-state index in [9.17, 15) is 10.1 Å². The number of fused-ring (bicyclic) bond motifs is 2. The number of nitrogens with zero attached hydrogens (tertiary/aromatic N) is 3. The zero-order valence-corrected chi connectivity index (χ0v) is 18.1. The molecule has 0 saturated carbocycles. The van der Waals surface area contributed by atoms with Gasteiger partial charge in [0.15, 0.2) is 11.4 Å². The normalized spacial score (nSPS) is 10.2. The largest absolute Gasteiger partial charge is 0.361 e. The third kappa shape index (κ3) is 4.08. The van der Waals surface area contributed by atoms with Gasteiger partial charge in [-0.3, -0.25) is 10.1 Å². The van der Waals surface area contributed by atoms with Gasteiger partial charge in [-0.15, -0.1) is 0 Å². The Morgan fingerprint density at radius 3 is 2.12 bits per heavy atom. The van der Waals surface area contributed by atoms with Crippen molar-refractivity contribution in [2.75, 3.05) is 0 Å². The first kappa shape index (κ1) is 20.9. The van der Waals surface area contributed by atoms with Crippen LogP contribution in [0.15, 0.2) is 77.5 Å². The van der Waals surface area contributed by atoms with Crippen LogP contribution in [0.5, 0.6) is 0 Å². The molecule has 0 fully saturated rings. The molecule has 5 rings (SSSR count). The van der Waals surface area contributed by atoms with Gasteiger partial charge in [-0.25, -0.2) is 9.69 Å². The number of hydrogen-bond acceptors (Lipinski definition) is 2. The molecule has 0 saturated heterocycles. The van der Waals surface area contributed by atoms with Gasteiger partial charge in [0.05, 0.1) is 18.1 Å². The molecular weight excluding hydrogens is 470 g/mol. The lowest BCUT2D eigenvalue weighted by atomic mass is 10.0. The molecule has 5 aromatic rings. The van der Waals surface area contributed by atoms with Crippen molar-refractivity contribution in [2.24, 2.45) is 0 Å². The number of aromatic amines is 2. The van der Waals surface area contributed by atoms with Crippen molar-refractivity contribution in [3.8, 4) is 11.1 Å². The summed E-state index contributed by atoms with van der Waals surface area (Å²) in [6, 6.07) is 17.4. The van der Waals surface area contributed by atoms with E-state index < -0.39 is 4.92 Å². The molecule has 2 aromatic heterocycles. The van der Waals surface area contributed by atoms with Crippen molar-refractivity contribution in [3.63, 3.8) is 0 Å². The monoisotopic (exact) mass is 483 g/mol. The molecule has 0 radical (unpaired) electrons. The number of rotatable bonds is 2. The summed E-state index contributed by atoms with van der Waals surface area (Å²) in [6.45, 7) is 13.9. The highest BCUT2D eigenvalue weighted by Gasteiger charge is 2.11. The van der Waals surface area contributed by atoms with Crippen molar-refractivity contribution in [2.45, 2.75) is 0 Å². The van der Waals surface area contributed by atoms with Crippen molar-refractivity contribution < 1.29 is 4.92 Å². The van der Waals surface area contributed by atoms with E-state index in [-0.39, 0.29) is 5.69 Å². The van der Waals surface area contributed by atoms with Gasteiger partial charge in [-0.1, -0.05) is 24.3 Å². The summed E-state index contributed by atoms with van der Waals surface area (Å²) < 4.78 is 1.00. The summed E-state index contributed by atoms with van der Waals surface area (Å²) in [7, 11) is 0. The number of H-pyrrole nitrogens is 2. The molecule has 2 heterocycles. The zero-order chi connectivity index (χ0) is 22.7. The van der Waals surface area contributed by atoms with Crippen LogP contribution < -0.4 is 0 Å². The minimum Gasteiger partial charge on any atom is -0.361 e. The summed E-state index contributed by atoms with van der Waals surface area (Å²) in [5, 5.41) is 12.8. The number of benzene rings is 3. The highest BCUT2D eigenvalue weighted by atomic mass is 79.9. The second-order valence-electron chi connectivity index (χ2n) is 6.83. The lowest BCUT2D eigenvalue weighted by Gasteiger charge is -2.00. The van der Waals surface area contributed by atoms with Gasteiger partial charge in [0.2, 0.25) is 0 Å². The third-order valence-corrected chi connectivity index (χ3v) is 5.56. The molecule has 2 N–H and O–H groups in total. The fourth-order valence-corrected chi connectivity index (χ4v) is 3.79. The van der Waals surface area contributed by atoms with Gasteiger partial charge in [0.25, 0.3) is 5.69 Å². The van der Waals surface area contributed by atoms with Crippen LogP contribution in [0.1, 0.15) is 0 Å². The first-order valence-corrected chi connectivity index (χ1v) is 10.2. The third-order valence-electron chi connectivity index (χ3n) is 4.91. The number of nitro groups is 1. The minimum absolute atomic E-state index is 0.0539. The maximum Gasteiger partial charge on any atom is 0.270 e. The molecule has 0 atom stereocenters. The van der Waals surface area contributed by atoms with Crippen molar-refractivity contribution in [1.29, 1.82) is 0 Å². The first-order valence-electron chi connectivity index (χ1n) is 9.37. The predicted molar refractivity (Wildman–Crippen MR) is 129 cm³/mol. The Morgan fingerprint density at radius 2 is 1.47 bits per heavy atom. The molecule has 154 valence electrons. The lowest BCUT2D eigenvalue weighted by molar-refractivity contribution is -0.384. The lowest BCUT2D eigenvalue weighted by Crippen LogP contribution is -1.87. The number of aromatic nitrogens is 2. The summed E-state index contributed by atoms with van der Waals surface area (Å²) in [6.07, 6.45) is 3.68. The first-order chi connectivity index (χ1) is 15.5. The van der Waals surface area contributed by atoms with Crippen LogP contribution in [0.25, 0.3) is 42.6 Å². The van der Waals surface area contributed by atoms with E-state index in [1.54, 1.807) is 30.5 Å². The molecule has 0 aliphatic carbocycles. The Labute approximate surface area is 191 Å². The summed E-state index contributed by atoms with van der Waals surface area (Å²) in [5.41, 5.74) is 4.83. The fourth-order valence-electron chi connectivity index (χ4n) is 3.35. The molecule has 3 aromatic carbocycles. The van der Waals surface area contributed by atoms with E-state index in [2.05, 4.69) is 35.6 Å². The van der Waals surface area contributed by atoms with Crippen LogP contribution in [0.3, 0.4) is 0 Å². The summed E-state index contributed by atoms with van der Waals surface area (Å²) in [4.78, 5) is 23.4. The predicted octanol–water partition coefficient (Wildman–Crippen LogP) is 7.78. The van der Waals surface area contributed by atoms with Crippen LogP contribution in [-0.2, 0) is 0 Å². The van der Waals surface area contributed by atoms with Gasteiger partial charge in [-0.05, 0) is 51.1 Å². The van der Waals surface area contributed by atoms with Crippen LogP contribution in [0.2, 0.25) is 0 Å². The van der Waals surface area contributed by atoms with E-state index in [0.717, 1.165) is 37.4 Å². The molecule has 0 unspecified atom stereocenters. The molecular formula is C24H14BrN5O2. The van der Waals surface area contributed by atoms with Gasteiger partial charge < -0.3 is 9.97 Å². The molecule has 0 aliphatic heterocycles. The number of halogens is 1. The fraction of sp³-hybridized carbons (Fsp3) is 0. The standard InChI is InChI=1S/C15H9N3O2.C9H5BrN2/c1-16-11-5-6-15-13(8-11)14(9-17-15)10-3-2-4-12(7-10)18(19)20;1-11-6-2-3-9-7(4-6)8(10)5-12-9/h2-9,17H;2-5,12H. The van der Waals surface area contributed by atoms with Gasteiger partial charge in [-0.2, -0.15) is 0 Å². The van der Waals surface area contributed by atoms with Gasteiger partial charge >= 0.3 is 0 Å². The Hall–Kier alpha value is -4.40. The Kier molecular flexibility index (Phi) is 5.71. The molecule has 7 nitrogen and oxygen atoms in total. The molecule has 32 heavy (non-hydrogen) atoms. The van der Waals surface area contributed by atoms with Gasteiger partial charge in [0.1, 0.15) is 0 Å². The zero-order valence-electron chi connectivity index (χ0n) is 16.5. The van der Waals surface area contributed by atoms with Crippen molar-refractivity contribution in [1.82, 2.24) is 9.97 Å².